The Balaban J connectivity index is 1.63. The van der Waals surface area contributed by atoms with Gasteiger partial charge >= 0.3 is 0 Å². The Morgan fingerprint density at radius 2 is 1.95 bits per heavy atom. The van der Waals surface area contributed by atoms with E-state index in [0.29, 0.717) is 12.5 Å². The summed E-state index contributed by atoms with van der Waals surface area (Å²) in [6.07, 6.45) is 9.81. The van der Waals surface area contributed by atoms with Crippen LogP contribution in [-0.4, -0.2) is 42.8 Å². The van der Waals surface area contributed by atoms with E-state index in [9.17, 15) is 9.59 Å². The zero-order chi connectivity index (χ0) is 13.5. The van der Waals surface area contributed by atoms with Gasteiger partial charge in [-0.3, -0.25) is 4.79 Å². The van der Waals surface area contributed by atoms with E-state index in [1.807, 2.05) is 0 Å². The topological polar surface area (TPSA) is 49.4 Å². The van der Waals surface area contributed by atoms with Gasteiger partial charge in [0.15, 0.2) is 0 Å². The third kappa shape index (κ3) is 4.94. The molecule has 1 saturated carbocycles. The van der Waals surface area contributed by atoms with E-state index in [1.54, 1.807) is 0 Å². The molecule has 1 aliphatic heterocycles. The minimum Gasteiger partial charge on any atom is -0.353 e. The normalized spacial score (nSPS) is 26.0. The van der Waals surface area contributed by atoms with Crippen LogP contribution < -0.4 is 5.32 Å². The number of carbonyl (C=O) groups is 2. The molecule has 0 spiro atoms. The van der Waals surface area contributed by atoms with Crippen molar-refractivity contribution >= 4 is 12.2 Å². The van der Waals surface area contributed by atoms with Crippen LogP contribution >= 0.6 is 0 Å². The fourth-order valence-electron chi connectivity index (χ4n) is 3.21. The number of hydrogen-bond acceptors (Lipinski definition) is 3. The standard InChI is InChI=1S/C15H26N2O2/c18-12-13-5-4-9-17(11-13)10-8-15(19)16-14-6-2-1-3-7-14/h12-14H,1-11H2,(H,16,19). The number of carbonyl (C=O) groups excluding carboxylic acids is 2. The third-order valence-electron chi connectivity index (χ3n) is 4.36. The Hall–Kier alpha value is -0.900. The summed E-state index contributed by atoms with van der Waals surface area (Å²) in [5.41, 5.74) is 0. The lowest BCUT2D eigenvalue weighted by Gasteiger charge is -2.30. The van der Waals surface area contributed by atoms with Crippen molar-refractivity contribution in [2.45, 2.75) is 57.4 Å². The second kappa shape index (κ2) is 7.63. The van der Waals surface area contributed by atoms with Gasteiger partial charge in [0.1, 0.15) is 6.29 Å². The van der Waals surface area contributed by atoms with Crippen LogP contribution in [0.15, 0.2) is 0 Å². The first-order chi connectivity index (χ1) is 9.28. The van der Waals surface area contributed by atoms with Crippen molar-refractivity contribution in [3.63, 3.8) is 0 Å². The monoisotopic (exact) mass is 266 g/mol. The van der Waals surface area contributed by atoms with Gasteiger partial charge in [-0.1, -0.05) is 19.3 Å². The predicted molar refractivity (Wildman–Crippen MR) is 74.9 cm³/mol. The number of likely N-dealkylation sites (tertiary alicyclic amines) is 1. The van der Waals surface area contributed by atoms with E-state index < -0.39 is 0 Å². The highest BCUT2D eigenvalue weighted by atomic mass is 16.1. The molecule has 1 N–H and O–H groups in total. The summed E-state index contributed by atoms with van der Waals surface area (Å²) in [5.74, 6) is 0.357. The van der Waals surface area contributed by atoms with Crippen molar-refractivity contribution in [1.82, 2.24) is 10.2 Å². The first-order valence-corrected chi connectivity index (χ1v) is 7.75. The van der Waals surface area contributed by atoms with Gasteiger partial charge in [0.25, 0.3) is 0 Å². The second-order valence-electron chi connectivity index (χ2n) is 5.99. The zero-order valence-corrected chi connectivity index (χ0v) is 11.8. The molecule has 0 aromatic rings. The molecular formula is C15H26N2O2. The summed E-state index contributed by atoms with van der Waals surface area (Å²) in [5, 5.41) is 3.15. The molecule has 1 saturated heterocycles. The van der Waals surface area contributed by atoms with Crippen molar-refractivity contribution in [2.75, 3.05) is 19.6 Å². The predicted octanol–water partition coefficient (Wildman–Crippen LogP) is 1.74. The molecule has 19 heavy (non-hydrogen) atoms. The Morgan fingerprint density at radius 3 is 2.68 bits per heavy atom. The Kier molecular flexibility index (Phi) is 5.83. The van der Waals surface area contributed by atoms with Gasteiger partial charge in [0, 0.05) is 31.5 Å². The van der Waals surface area contributed by atoms with Crippen LogP contribution in [0.5, 0.6) is 0 Å². The maximum absolute atomic E-state index is 11.9. The average Bonchev–Trinajstić information content (AvgIpc) is 2.46. The molecular weight excluding hydrogens is 240 g/mol. The van der Waals surface area contributed by atoms with E-state index in [-0.39, 0.29) is 11.8 Å². The van der Waals surface area contributed by atoms with Crippen molar-refractivity contribution < 1.29 is 9.59 Å². The first-order valence-electron chi connectivity index (χ1n) is 7.75. The lowest BCUT2D eigenvalue weighted by Crippen LogP contribution is -2.41. The van der Waals surface area contributed by atoms with E-state index in [0.717, 1.165) is 51.6 Å². The van der Waals surface area contributed by atoms with Crippen LogP contribution in [0, 0.1) is 5.92 Å². The molecule has 1 unspecified atom stereocenters. The van der Waals surface area contributed by atoms with E-state index in [2.05, 4.69) is 10.2 Å². The number of nitrogens with zero attached hydrogens (tertiary/aromatic N) is 1. The third-order valence-corrected chi connectivity index (χ3v) is 4.36. The van der Waals surface area contributed by atoms with Crippen LogP contribution in [0.25, 0.3) is 0 Å². The lowest BCUT2D eigenvalue weighted by atomic mass is 9.95. The summed E-state index contributed by atoms with van der Waals surface area (Å²) >= 11 is 0. The van der Waals surface area contributed by atoms with E-state index in [1.165, 1.54) is 19.3 Å². The van der Waals surface area contributed by atoms with Crippen molar-refractivity contribution in [1.29, 1.82) is 0 Å². The zero-order valence-electron chi connectivity index (χ0n) is 11.8. The number of amides is 1. The molecule has 108 valence electrons. The molecule has 1 amide bonds. The van der Waals surface area contributed by atoms with Gasteiger partial charge < -0.3 is 15.0 Å². The molecule has 4 heteroatoms. The quantitative estimate of drug-likeness (QED) is 0.771. The number of piperidine rings is 1. The summed E-state index contributed by atoms with van der Waals surface area (Å²) in [7, 11) is 0. The van der Waals surface area contributed by atoms with Crippen LogP contribution in [0.4, 0.5) is 0 Å². The van der Waals surface area contributed by atoms with Crippen LogP contribution in [0.1, 0.15) is 51.4 Å². The van der Waals surface area contributed by atoms with Gasteiger partial charge in [-0.15, -0.1) is 0 Å². The molecule has 0 bridgehead atoms. The highest BCUT2D eigenvalue weighted by Crippen LogP contribution is 2.18. The summed E-state index contributed by atoms with van der Waals surface area (Å²) < 4.78 is 0. The summed E-state index contributed by atoms with van der Waals surface area (Å²) in [6, 6.07) is 0.408. The average molecular weight is 266 g/mol. The number of aldehydes is 1. The Labute approximate surface area is 115 Å². The van der Waals surface area contributed by atoms with Crippen molar-refractivity contribution in [3.05, 3.63) is 0 Å². The minimum absolute atomic E-state index is 0.176. The molecule has 1 aliphatic carbocycles. The molecule has 2 fully saturated rings. The summed E-state index contributed by atoms with van der Waals surface area (Å²) in [6.45, 7) is 2.66. The molecule has 1 heterocycles. The highest BCUT2D eigenvalue weighted by Gasteiger charge is 2.20. The molecule has 0 aromatic heterocycles. The molecule has 4 nitrogen and oxygen atoms in total. The number of hydrogen-bond donors (Lipinski definition) is 1. The Bertz CT molecular complexity index is 301. The van der Waals surface area contributed by atoms with Crippen LogP contribution in [0.2, 0.25) is 0 Å². The molecule has 0 aromatic carbocycles. The maximum atomic E-state index is 11.9. The van der Waals surface area contributed by atoms with Gasteiger partial charge in [-0.05, 0) is 32.2 Å². The lowest BCUT2D eigenvalue weighted by molar-refractivity contribution is -0.122. The largest absolute Gasteiger partial charge is 0.353 e. The fraction of sp³-hybridized carbons (Fsp3) is 0.867. The fourth-order valence-corrected chi connectivity index (χ4v) is 3.21. The molecule has 2 aliphatic rings. The molecule has 0 radical (unpaired) electrons. The highest BCUT2D eigenvalue weighted by molar-refractivity contribution is 5.76. The van der Waals surface area contributed by atoms with E-state index >= 15 is 0 Å². The summed E-state index contributed by atoms with van der Waals surface area (Å²) in [4.78, 5) is 25.0. The van der Waals surface area contributed by atoms with Crippen LogP contribution in [-0.2, 0) is 9.59 Å². The number of rotatable bonds is 5. The first kappa shape index (κ1) is 14.5. The van der Waals surface area contributed by atoms with E-state index in [4.69, 9.17) is 0 Å². The smallest absolute Gasteiger partial charge is 0.221 e. The second-order valence-corrected chi connectivity index (χ2v) is 5.99. The SMILES string of the molecule is O=CC1CCCN(CCC(=O)NC2CCCCC2)C1. The Morgan fingerprint density at radius 1 is 1.16 bits per heavy atom. The number of nitrogens with one attached hydrogen (secondary N) is 1. The van der Waals surface area contributed by atoms with Gasteiger partial charge in [-0.2, -0.15) is 0 Å². The molecule has 1 atom stereocenters. The van der Waals surface area contributed by atoms with Crippen molar-refractivity contribution in [2.24, 2.45) is 5.92 Å². The van der Waals surface area contributed by atoms with Crippen LogP contribution in [0.3, 0.4) is 0 Å². The van der Waals surface area contributed by atoms with Gasteiger partial charge in [0.05, 0.1) is 0 Å². The maximum Gasteiger partial charge on any atom is 0.221 e. The van der Waals surface area contributed by atoms with Crippen molar-refractivity contribution in [3.8, 4) is 0 Å². The minimum atomic E-state index is 0.176. The molecule has 2 rings (SSSR count). The van der Waals surface area contributed by atoms with Gasteiger partial charge in [-0.25, -0.2) is 0 Å². The van der Waals surface area contributed by atoms with Gasteiger partial charge in [0.2, 0.25) is 5.91 Å².